The Bertz CT molecular complexity index is 974. The van der Waals surface area contributed by atoms with Crippen LogP contribution in [0.3, 0.4) is 0 Å². The van der Waals surface area contributed by atoms with Crippen LogP contribution in [0.15, 0.2) is 54.6 Å². The maximum Gasteiger partial charge on any atom is 0.162 e. The topological polar surface area (TPSA) is 0 Å². The highest BCUT2D eigenvalue weighted by Crippen LogP contribution is 2.24. The molecule has 0 amide bonds. The molecular weight excluding hydrogens is 381 g/mol. The lowest BCUT2D eigenvalue weighted by Crippen LogP contribution is -2.01. The molecule has 0 aliphatic carbocycles. The Kier molecular flexibility index (Phi) is 7.73. The summed E-state index contributed by atoms with van der Waals surface area (Å²) in [7, 11) is 0. The van der Waals surface area contributed by atoms with Gasteiger partial charge in [-0.2, -0.15) is 0 Å². The Morgan fingerprint density at radius 2 is 1.17 bits per heavy atom. The number of halogens is 3. The van der Waals surface area contributed by atoms with Gasteiger partial charge in [-0.3, -0.25) is 0 Å². The van der Waals surface area contributed by atoms with E-state index < -0.39 is 11.6 Å². The second-order valence-electron chi connectivity index (χ2n) is 7.87. The first-order valence-electron chi connectivity index (χ1n) is 10.9. The molecule has 3 aromatic carbocycles. The van der Waals surface area contributed by atoms with Gasteiger partial charge in [0.1, 0.15) is 5.82 Å². The smallest absolute Gasteiger partial charge is 0.162 e. The Morgan fingerprint density at radius 3 is 1.77 bits per heavy atom. The molecule has 0 radical (unpaired) electrons. The Balaban J connectivity index is 1.67. The molecule has 3 rings (SSSR count). The van der Waals surface area contributed by atoms with Gasteiger partial charge in [0.15, 0.2) is 11.6 Å². The van der Waals surface area contributed by atoms with E-state index in [0.717, 1.165) is 47.9 Å². The van der Waals surface area contributed by atoms with Gasteiger partial charge in [-0.15, -0.1) is 0 Å². The SMILES string of the molecule is CCCCc1ccc(-c2ccc(CCc3ccc(CCC)c(F)c3F)cc2)cc1F. The molecule has 0 N–H and O–H groups in total. The molecule has 0 saturated heterocycles. The van der Waals surface area contributed by atoms with E-state index in [2.05, 4.69) is 6.92 Å². The van der Waals surface area contributed by atoms with Gasteiger partial charge in [0.25, 0.3) is 0 Å². The molecule has 158 valence electrons. The van der Waals surface area contributed by atoms with Gasteiger partial charge < -0.3 is 0 Å². The summed E-state index contributed by atoms with van der Waals surface area (Å²) < 4.78 is 42.8. The van der Waals surface area contributed by atoms with E-state index in [4.69, 9.17) is 0 Å². The zero-order chi connectivity index (χ0) is 21.5. The van der Waals surface area contributed by atoms with Gasteiger partial charge >= 0.3 is 0 Å². The third kappa shape index (κ3) is 5.33. The number of unbranched alkanes of at least 4 members (excludes halogenated alkanes) is 1. The van der Waals surface area contributed by atoms with Gasteiger partial charge in [0.05, 0.1) is 0 Å². The van der Waals surface area contributed by atoms with Crippen LogP contribution in [0.2, 0.25) is 0 Å². The van der Waals surface area contributed by atoms with Crippen molar-refractivity contribution < 1.29 is 13.2 Å². The second-order valence-corrected chi connectivity index (χ2v) is 7.87. The van der Waals surface area contributed by atoms with Crippen LogP contribution in [-0.2, 0) is 25.7 Å². The lowest BCUT2D eigenvalue weighted by molar-refractivity contribution is 0.488. The largest absolute Gasteiger partial charge is 0.207 e. The average molecular weight is 411 g/mol. The van der Waals surface area contributed by atoms with Crippen molar-refractivity contribution >= 4 is 0 Å². The molecule has 0 aliphatic rings. The van der Waals surface area contributed by atoms with E-state index in [9.17, 15) is 13.2 Å². The van der Waals surface area contributed by atoms with E-state index in [0.29, 0.717) is 30.4 Å². The minimum absolute atomic E-state index is 0.158. The van der Waals surface area contributed by atoms with Crippen LogP contribution < -0.4 is 0 Å². The number of hydrogen-bond acceptors (Lipinski definition) is 0. The predicted molar refractivity (Wildman–Crippen MR) is 118 cm³/mol. The molecule has 0 fully saturated rings. The van der Waals surface area contributed by atoms with E-state index in [-0.39, 0.29) is 5.82 Å². The number of hydrogen-bond donors (Lipinski definition) is 0. The summed E-state index contributed by atoms with van der Waals surface area (Å²) in [6.45, 7) is 4.05. The molecule has 0 heterocycles. The van der Waals surface area contributed by atoms with Crippen molar-refractivity contribution in [1.29, 1.82) is 0 Å². The fourth-order valence-corrected chi connectivity index (χ4v) is 3.72. The first-order chi connectivity index (χ1) is 14.5. The first kappa shape index (κ1) is 22.1. The zero-order valence-electron chi connectivity index (χ0n) is 17.8. The Labute approximate surface area is 177 Å². The molecule has 0 saturated carbocycles. The maximum absolute atomic E-state index is 14.3. The standard InChI is InChI=1S/C27H29F3/c1-3-5-7-21-14-17-24(18-25(21)28)20-11-8-19(9-12-20)10-13-23-16-15-22(6-4-2)26(29)27(23)30/h8-9,11-12,14-18H,3-7,10,13H2,1-2H3. The summed E-state index contributed by atoms with van der Waals surface area (Å²) >= 11 is 0. The van der Waals surface area contributed by atoms with Crippen LogP contribution in [0.25, 0.3) is 11.1 Å². The summed E-state index contributed by atoms with van der Waals surface area (Å²) in [6.07, 6.45) is 5.18. The van der Waals surface area contributed by atoms with Crippen molar-refractivity contribution in [2.45, 2.75) is 58.8 Å². The number of benzene rings is 3. The minimum atomic E-state index is -0.726. The van der Waals surface area contributed by atoms with Crippen LogP contribution in [0, 0.1) is 17.5 Å². The normalized spacial score (nSPS) is 11.1. The molecule has 0 aliphatic heterocycles. The first-order valence-corrected chi connectivity index (χ1v) is 10.9. The number of rotatable bonds is 9. The highest BCUT2D eigenvalue weighted by molar-refractivity contribution is 5.64. The summed E-state index contributed by atoms with van der Waals surface area (Å²) in [4.78, 5) is 0. The Morgan fingerprint density at radius 1 is 0.567 bits per heavy atom. The molecule has 0 aromatic heterocycles. The van der Waals surface area contributed by atoms with Gasteiger partial charge in [0, 0.05) is 0 Å². The van der Waals surface area contributed by atoms with Crippen molar-refractivity contribution in [3.63, 3.8) is 0 Å². The highest BCUT2D eigenvalue weighted by Gasteiger charge is 2.13. The van der Waals surface area contributed by atoms with E-state index in [1.165, 1.54) is 0 Å². The molecule has 3 aromatic rings. The molecule has 0 spiro atoms. The molecule has 0 atom stereocenters. The van der Waals surface area contributed by atoms with E-state index in [1.54, 1.807) is 18.2 Å². The molecule has 0 nitrogen and oxygen atoms in total. The van der Waals surface area contributed by atoms with E-state index >= 15 is 0 Å². The van der Waals surface area contributed by atoms with Crippen molar-refractivity contribution in [3.8, 4) is 11.1 Å². The molecule has 30 heavy (non-hydrogen) atoms. The van der Waals surface area contributed by atoms with Crippen molar-refractivity contribution in [2.75, 3.05) is 0 Å². The maximum atomic E-state index is 14.3. The average Bonchev–Trinajstić information content (AvgIpc) is 2.76. The van der Waals surface area contributed by atoms with Crippen LogP contribution >= 0.6 is 0 Å². The van der Waals surface area contributed by atoms with Crippen molar-refractivity contribution in [1.82, 2.24) is 0 Å². The quantitative estimate of drug-likeness (QED) is 0.337. The minimum Gasteiger partial charge on any atom is -0.207 e. The van der Waals surface area contributed by atoms with Crippen molar-refractivity contribution in [3.05, 3.63) is 94.3 Å². The summed E-state index contributed by atoms with van der Waals surface area (Å²) in [5, 5.41) is 0. The Hall–Kier alpha value is -2.55. The van der Waals surface area contributed by atoms with Gasteiger partial charge in [-0.05, 0) is 71.6 Å². The summed E-state index contributed by atoms with van der Waals surface area (Å²) in [5.41, 5.74) is 4.43. The fraction of sp³-hybridized carbons (Fsp3) is 0.333. The lowest BCUT2D eigenvalue weighted by Gasteiger charge is -2.09. The highest BCUT2D eigenvalue weighted by atomic mass is 19.2. The van der Waals surface area contributed by atoms with Gasteiger partial charge in [-0.25, -0.2) is 13.2 Å². The van der Waals surface area contributed by atoms with Crippen LogP contribution in [-0.4, -0.2) is 0 Å². The molecule has 3 heteroatoms. The lowest BCUT2D eigenvalue weighted by atomic mass is 9.97. The van der Waals surface area contributed by atoms with Crippen molar-refractivity contribution in [2.24, 2.45) is 0 Å². The van der Waals surface area contributed by atoms with Crippen LogP contribution in [0.1, 0.15) is 55.4 Å². The third-order valence-corrected chi connectivity index (χ3v) is 5.58. The van der Waals surface area contributed by atoms with Gasteiger partial charge in [-0.1, -0.05) is 75.2 Å². The van der Waals surface area contributed by atoms with Crippen LogP contribution in [0.5, 0.6) is 0 Å². The zero-order valence-corrected chi connectivity index (χ0v) is 17.8. The number of aryl methyl sites for hydroxylation is 4. The third-order valence-electron chi connectivity index (χ3n) is 5.58. The molecule has 0 bridgehead atoms. The molecular formula is C27H29F3. The fourth-order valence-electron chi connectivity index (χ4n) is 3.72. The summed E-state index contributed by atoms with van der Waals surface area (Å²) in [5.74, 6) is -1.60. The summed E-state index contributed by atoms with van der Waals surface area (Å²) in [6, 6.07) is 16.7. The van der Waals surface area contributed by atoms with Crippen LogP contribution in [0.4, 0.5) is 13.2 Å². The van der Waals surface area contributed by atoms with E-state index in [1.807, 2.05) is 43.3 Å². The molecule has 0 unspecified atom stereocenters. The predicted octanol–water partition coefficient (Wildman–Crippen LogP) is 7.85. The van der Waals surface area contributed by atoms with Gasteiger partial charge in [0.2, 0.25) is 0 Å². The monoisotopic (exact) mass is 410 g/mol. The second kappa shape index (κ2) is 10.5.